The van der Waals surface area contributed by atoms with E-state index in [9.17, 15) is 18.5 Å². The van der Waals surface area contributed by atoms with E-state index in [4.69, 9.17) is 4.74 Å². The summed E-state index contributed by atoms with van der Waals surface area (Å²) in [7, 11) is -3.13. The van der Waals surface area contributed by atoms with Gasteiger partial charge in [-0.25, -0.2) is 8.42 Å². The van der Waals surface area contributed by atoms with Crippen LogP contribution in [0.25, 0.3) is 0 Å². The molecule has 1 amide bonds. The highest BCUT2D eigenvalue weighted by Gasteiger charge is 2.37. The smallest absolute Gasteiger partial charge is 0.255 e. The summed E-state index contributed by atoms with van der Waals surface area (Å²) in [6.45, 7) is 1.07. The molecule has 2 atom stereocenters. The van der Waals surface area contributed by atoms with Crippen LogP contribution >= 0.6 is 11.8 Å². The zero-order chi connectivity index (χ0) is 21.8. The van der Waals surface area contributed by atoms with E-state index in [2.05, 4.69) is 6.07 Å². The van der Waals surface area contributed by atoms with E-state index in [1.807, 2.05) is 36.4 Å². The molecule has 0 N–H and O–H groups in total. The molecule has 2 aliphatic rings. The summed E-state index contributed by atoms with van der Waals surface area (Å²) in [4.78, 5) is 16.9. The number of carbonyl (C=O) groups excluding carboxylic acids is 1. The van der Waals surface area contributed by atoms with Gasteiger partial charge in [-0.3, -0.25) is 4.79 Å². The lowest BCUT2D eigenvalue weighted by atomic mass is 10.1. The van der Waals surface area contributed by atoms with Gasteiger partial charge in [0, 0.05) is 29.0 Å². The Morgan fingerprint density at radius 2 is 1.87 bits per heavy atom. The number of sulfone groups is 1. The molecular formula is C23H24N2O4S2. The highest BCUT2D eigenvalue weighted by atomic mass is 32.2. The SMILES string of the molecule is N#Cc1ccccc1Sc1ccccc1C(=O)N(C[C@@H]1CCCO1)[C@H]1CCS(=O)(=O)C1. The second-order valence-corrected chi connectivity index (χ2v) is 11.2. The molecule has 2 aliphatic heterocycles. The van der Waals surface area contributed by atoms with E-state index in [-0.39, 0.29) is 29.6 Å². The fraction of sp³-hybridized carbons (Fsp3) is 0.391. The molecule has 2 fully saturated rings. The summed E-state index contributed by atoms with van der Waals surface area (Å²) >= 11 is 1.38. The molecule has 0 spiro atoms. The average molecular weight is 457 g/mol. The molecule has 0 unspecified atom stereocenters. The molecule has 6 nitrogen and oxygen atoms in total. The maximum Gasteiger partial charge on any atom is 0.255 e. The van der Waals surface area contributed by atoms with Crippen LogP contribution in [0.15, 0.2) is 58.3 Å². The molecule has 0 radical (unpaired) electrons. The second-order valence-electron chi connectivity index (χ2n) is 7.86. The van der Waals surface area contributed by atoms with E-state index in [0.29, 0.717) is 30.7 Å². The molecule has 4 rings (SSSR count). The number of ether oxygens (including phenoxy) is 1. The Hall–Kier alpha value is -2.34. The van der Waals surface area contributed by atoms with Crippen LogP contribution in [0.5, 0.6) is 0 Å². The lowest BCUT2D eigenvalue weighted by Gasteiger charge is -2.31. The molecule has 0 saturated carbocycles. The molecule has 31 heavy (non-hydrogen) atoms. The van der Waals surface area contributed by atoms with E-state index < -0.39 is 9.84 Å². The molecule has 2 heterocycles. The zero-order valence-corrected chi connectivity index (χ0v) is 18.7. The van der Waals surface area contributed by atoms with Crippen LogP contribution in [0.3, 0.4) is 0 Å². The monoisotopic (exact) mass is 456 g/mol. The van der Waals surface area contributed by atoms with E-state index in [1.54, 1.807) is 17.0 Å². The summed E-state index contributed by atoms with van der Waals surface area (Å²) in [5, 5.41) is 9.41. The first-order valence-corrected chi connectivity index (χ1v) is 13.0. The molecule has 0 aliphatic carbocycles. The van der Waals surface area contributed by atoms with Crippen molar-refractivity contribution in [3.8, 4) is 6.07 Å². The van der Waals surface area contributed by atoms with Crippen molar-refractivity contribution in [2.24, 2.45) is 0 Å². The summed E-state index contributed by atoms with van der Waals surface area (Å²) < 4.78 is 30.0. The lowest BCUT2D eigenvalue weighted by Crippen LogP contribution is -2.45. The topological polar surface area (TPSA) is 87.5 Å². The second kappa shape index (κ2) is 9.43. The predicted molar refractivity (Wildman–Crippen MR) is 119 cm³/mol. The highest BCUT2D eigenvalue weighted by Crippen LogP contribution is 2.34. The van der Waals surface area contributed by atoms with Crippen molar-refractivity contribution >= 4 is 27.5 Å². The van der Waals surface area contributed by atoms with Crippen molar-refractivity contribution in [1.29, 1.82) is 5.26 Å². The van der Waals surface area contributed by atoms with Crippen molar-refractivity contribution in [3.05, 3.63) is 59.7 Å². The Morgan fingerprint density at radius 1 is 1.13 bits per heavy atom. The summed E-state index contributed by atoms with van der Waals surface area (Å²) in [6.07, 6.45) is 2.21. The number of hydrogen-bond acceptors (Lipinski definition) is 6. The summed E-state index contributed by atoms with van der Waals surface area (Å²) in [5.41, 5.74) is 1.07. The largest absolute Gasteiger partial charge is 0.376 e. The van der Waals surface area contributed by atoms with Gasteiger partial charge >= 0.3 is 0 Å². The minimum Gasteiger partial charge on any atom is -0.376 e. The van der Waals surface area contributed by atoms with Crippen molar-refractivity contribution in [2.45, 2.75) is 41.2 Å². The van der Waals surface area contributed by atoms with Gasteiger partial charge in [0.1, 0.15) is 6.07 Å². The van der Waals surface area contributed by atoms with Gasteiger partial charge in [0.05, 0.1) is 28.7 Å². The van der Waals surface area contributed by atoms with Gasteiger partial charge in [0.25, 0.3) is 5.91 Å². The van der Waals surface area contributed by atoms with Gasteiger partial charge in [-0.2, -0.15) is 5.26 Å². The third kappa shape index (κ3) is 5.12. The van der Waals surface area contributed by atoms with Crippen LogP contribution in [-0.4, -0.2) is 56.0 Å². The minimum atomic E-state index is -3.13. The van der Waals surface area contributed by atoms with E-state index in [0.717, 1.165) is 22.6 Å². The van der Waals surface area contributed by atoms with Gasteiger partial charge < -0.3 is 9.64 Å². The fourth-order valence-corrected chi connectivity index (χ4v) is 6.83. The quantitative estimate of drug-likeness (QED) is 0.661. The van der Waals surface area contributed by atoms with Crippen LogP contribution in [0, 0.1) is 11.3 Å². The number of carbonyl (C=O) groups is 1. The van der Waals surface area contributed by atoms with Crippen molar-refractivity contribution in [3.63, 3.8) is 0 Å². The third-order valence-electron chi connectivity index (χ3n) is 5.68. The van der Waals surface area contributed by atoms with Crippen LogP contribution in [0.4, 0.5) is 0 Å². The van der Waals surface area contributed by atoms with Crippen LogP contribution < -0.4 is 0 Å². The molecule has 0 bridgehead atoms. The number of nitrogens with zero attached hydrogens (tertiary/aromatic N) is 2. The average Bonchev–Trinajstić information content (AvgIpc) is 3.41. The molecule has 2 saturated heterocycles. The van der Waals surface area contributed by atoms with Gasteiger partial charge in [-0.05, 0) is 43.5 Å². The molecule has 2 aromatic rings. The fourth-order valence-electron chi connectivity index (χ4n) is 4.08. The minimum absolute atomic E-state index is 0.00195. The molecule has 162 valence electrons. The Balaban J connectivity index is 1.64. The number of rotatable bonds is 6. The standard InChI is InChI=1S/C23H24N2O4S2/c24-14-17-6-1-3-9-21(17)30-22-10-4-2-8-20(22)23(26)25(15-19-7-5-12-29-19)18-11-13-31(27,28)16-18/h1-4,6,8-10,18-19H,5,7,11-13,15-16H2/t18-,19-/m0/s1. The molecular weight excluding hydrogens is 432 g/mol. The van der Waals surface area contributed by atoms with Crippen LogP contribution in [0.2, 0.25) is 0 Å². The van der Waals surface area contributed by atoms with Crippen molar-refractivity contribution in [2.75, 3.05) is 24.7 Å². The van der Waals surface area contributed by atoms with Gasteiger partial charge in [-0.1, -0.05) is 36.0 Å². The van der Waals surface area contributed by atoms with Crippen LogP contribution in [0.1, 0.15) is 35.2 Å². The summed E-state index contributed by atoms with van der Waals surface area (Å²) in [5.74, 6) is -0.0770. The Morgan fingerprint density at radius 3 is 2.55 bits per heavy atom. The van der Waals surface area contributed by atoms with Gasteiger partial charge in [0.2, 0.25) is 0 Å². The number of benzene rings is 2. The maximum absolute atomic E-state index is 13.7. The molecule has 2 aromatic carbocycles. The Bertz CT molecular complexity index is 1100. The lowest BCUT2D eigenvalue weighted by molar-refractivity contribution is 0.0439. The third-order valence-corrected chi connectivity index (χ3v) is 8.58. The molecule has 8 heteroatoms. The summed E-state index contributed by atoms with van der Waals surface area (Å²) in [6, 6.07) is 16.4. The number of nitriles is 1. The maximum atomic E-state index is 13.7. The highest BCUT2D eigenvalue weighted by molar-refractivity contribution is 7.99. The van der Waals surface area contributed by atoms with E-state index in [1.165, 1.54) is 11.8 Å². The van der Waals surface area contributed by atoms with E-state index >= 15 is 0 Å². The number of amides is 1. The Labute approximate surface area is 187 Å². The normalized spacial score (nSPS) is 22.2. The van der Waals surface area contributed by atoms with Crippen molar-refractivity contribution in [1.82, 2.24) is 4.90 Å². The zero-order valence-electron chi connectivity index (χ0n) is 17.1. The Kier molecular flexibility index (Phi) is 6.65. The first kappa shape index (κ1) is 21.9. The predicted octanol–water partition coefficient (Wildman–Crippen LogP) is 3.52. The molecule has 0 aromatic heterocycles. The van der Waals surface area contributed by atoms with Gasteiger partial charge in [0.15, 0.2) is 9.84 Å². The first-order chi connectivity index (χ1) is 15.0. The van der Waals surface area contributed by atoms with Crippen LogP contribution in [-0.2, 0) is 14.6 Å². The first-order valence-electron chi connectivity index (χ1n) is 10.4. The number of hydrogen-bond donors (Lipinski definition) is 0. The van der Waals surface area contributed by atoms with Crippen molar-refractivity contribution < 1.29 is 17.9 Å². The van der Waals surface area contributed by atoms with Gasteiger partial charge in [-0.15, -0.1) is 0 Å².